The van der Waals surface area contributed by atoms with Crippen LogP contribution in [-0.4, -0.2) is 54.8 Å². The van der Waals surface area contributed by atoms with Gasteiger partial charge in [0, 0.05) is 19.6 Å². The SMILES string of the molecule is C=CCN=C(NCC)N1CCC(NC(=O)OC(C)(C)C)C1. The highest BCUT2D eigenvalue weighted by molar-refractivity contribution is 5.80. The van der Waals surface area contributed by atoms with Crippen LogP contribution in [-0.2, 0) is 4.74 Å². The molecule has 1 amide bonds. The van der Waals surface area contributed by atoms with Gasteiger partial charge in [-0.2, -0.15) is 0 Å². The van der Waals surface area contributed by atoms with Crippen molar-refractivity contribution in [3.05, 3.63) is 12.7 Å². The fourth-order valence-electron chi connectivity index (χ4n) is 2.12. The lowest BCUT2D eigenvalue weighted by Crippen LogP contribution is -2.44. The van der Waals surface area contributed by atoms with E-state index < -0.39 is 5.60 Å². The third kappa shape index (κ3) is 6.51. The molecule has 0 bridgehead atoms. The molecule has 1 rings (SSSR count). The molecule has 1 heterocycles. The third-order valence-corrected chi connectivity index (χ3v) is 2.91. The van der Waals surface area contributed by atoms with Gasteiger partial charge in [-0.25, -0.2) is 9.79 Å². The largest absolute Gasteiger partial charge is 0.444 e. The number of ether oxygens (including phenoxy) is 1. The maximum Gasteiger partial charge on any atom is 0.407 e. The molecule has 0 aromatic rings. The minimum atomic E-state index is -0.470. The first kappa shape index (κ1) is 17.3. The lowest BCUT2D eigenvalue weighted by Gasteiger charge is -2.23. The van der Waals surface area contributed by atoms with Crippen molar-refractivity contribution in [3.8, 4) is 0 Å². The van der Waals surface area contributed by atoms with Crippen LogP contribution in [0.25, 0.3) is 0 Å². The van der Waals surface area contributed by atoms with Gasteiger partial charge in [0.15, 0.2) is 5.96 Å². The van der Waals surface area contributed by atoms with Gasteiger partial charge in [-0.3, -0.25) is 0 Å². The molecule has 0 aromatic carbocycles. The van der Waals surface area contributed by atoms with Crippen LogP contribution >= 0.6 is 0 Å². The zero-order valence-electron chi connectivity index (χ0n) is 13.6. The molecule has 6 heteroatoms. The Kier molecular flexibility index (Phi) is 6.52. The Bertz CT molecular complexity index is 388. The molecule has 1 fully saturated rings. The van der Waals surface area contributed by atoms with Gasteiger partial charge in [0.2, 0.25) is 0 Å². The van der Waals surface area contributed by atoms with E-state index in [-0.39, 0.29) is 12.1 Å². The number of alkyl carbamates (subject to hydrolysis) is 1. The van der Waals surface area contributed by atoms with E-state index in [1.54, 1.807) is 6.08 Å². The van der Waals surface area contributed by atoms with E-state index in [0.29, 0.717) is 6.54 Å². The summed E-state index contributed by atoms with van der Waals surface area (Å²) in [6, 6.07) is 0.0902. The number of hydrogen-bond donors (Lipinski definition) is 2. The number of guanidine groups is 1. The minimum Gasteiger partial charge on any atom is -0.444 e. The summed E-state index contributed by atoms with van der Waals surface area (Å²) in [5.74, 6) is 0.867. The second-order valence-corrected chi connectivity index (χ2v) is 6.06. The summed E-state index contributed by atoms with van der Waals surface area (Å²) in [6.07, 6.45) is 2.30. The fourth-order valence-corrected chi connectivity index (χ4v) is 2.12. The summed E-state index contributed by atoms with van der Waals surface area (Å²) in [4.78, 5) is 18.4. The number of rotatable bonds is 4. The van der Waals surface area contributed by atoms with Gasteiger partial charge in [0.25, 0.3) is 0 Å². The van der Waals surface area contributed by atoms with Crippen LogP contribution in [0.3, 0.4) is 0 Å². The standard InChI is InChI=1S/C15H28N4O2/c1-6-9-17-13(16-7-2)19-10-8-12(11-19)18-14(20)21-15(3,4)5/h6,12H,1,7-11H2,2-5H3,(H,16,17)(H,18,20). The molecule has 1 aliphatic rings. The molecule has 1 saturated heterocycles. The highest BCUT2D eigenvalue weighted by Crippen LogP contribution is 2.12. The van der Waals surface area contributed by atoms with Gasteiger partial charge >= 0.3 is 6.09 Å². The van der Waals surface area contributed by atoms with Crippen molar-refractivity contribution < 1.29 is 9.53 Å². The first-order chi connectivity index (χ1) is 9.85. The molecular formula is C15H28N4O2. The minimum absolute atomic E-state index is 0.0902. The summed E-state index contributed by atoms with van der Waals surface area (Å²) in [7, 11) is 0. The van der Waals surface area contributed by atoms with E-state index in [9.17, 15) is 4.79 Å². The number of likely N-dealkylation sites (tertiary alicyclic amines) is 1. The monoisotopic (exact) mass is 296 g/mol. The molecule has 0 saturated carbocycles. The van der Waals surface area contributed by atoms with Crippen molar-refractivity contribution in [1.82, 2.24) is 15.5 Å². The van der Waals surface area contributed by atoms with E-state index in [0.717, 1.165) is 32.0 Å². The smallest absolute Gasteiger partial charge is 0.407 e. The number of aliphatic imine (C=N–C) groups is 1. The summed E-state index contributed by atoms with van der Waals surface area (Å²) >= 11 is 0. The zero-order chi connectivity index (χ0) is 15.9. The van der Waals surface area contributed by atoms with Crippen molar-refractivity contribution in [2.24, 2.45) is 4.99 Å². The van der Waals surface area contributed by atoms with Crippen molar-refractivity contribution in [1.29, 1.82) is 0 Å². The maximum absolute atomic E-state index is 11.8. The number of carbonyl (C=O) groups excluding carboxylic acids is 1. The molecular weight excluding hydrogens is 268 g/mol. The number of hydrogen-bond acceptors (Lipinski definition) is 3. The molecule has 0 aliphatic carbocycles. The van der Waals surface area contributed by atoms with Crippen molar-refractivity contribution in [3.63, 3.8) is 0 Å². The summed E-state index contributed by atoms with van der Waals surface area (Å²) in [5.41, 5.74) is -0.470. The van der Waals surface area contributed by atoms with Gasteiger partial charge in [-0.1, -0.05) is 6.08 Å². The summed E-state index contributed by atoms with van der Waals surface area (Å²) < 4.78 is 5.28. The van der Waals surface area contributed by atoms with Crippen molar-refractivity contribution >= 4 is 12.1 Å². The molecule has 0 radical (unpaired) electrons. The number of amides is 1. The third-order valence-electron chi connectivity index (χ3n) is 2.91. The van der Waals surface area contributed by atoms with E-state index in [1.165, 1.54) is 0 Å². The number of nitrogens with zero attached hydrogens (tertiary/aromatic N) is 2. The average Bonchev–Trinajstić information content (AvgIpc) is 2.80. The van der Waals surface area contributed by atoms with Gasteiger partial charge in [0.05, 0.1) is 12.6 Å². The number of nitrogens with one attached hydrogen (secondary N) is 2. The highest BCUT2D eigenvalue weighted by atomic mass is 16.6. The topological polar surface area (TPSA) is 66.0 Å². The second kappa shape index (κ2) is 7.90. The van der Waals surface area contributed by atoms with Crippen LogP contribution in [0.5, 0.6) is 0 Å². The molecule has 120 valence electrons. The molecule has 6 nitrogen and oxygen atoms in total. The molecule has 2 N–H and O–H groups in total. The quantitative estimate of drug-likeness (QED) is 0.471. The van der Waals surface area contributed by atoms with Crippen LogP contribution in [0.1, 0.15) is 34.1 Å². The van der Waals surface area contributed by atoms with Crippen molar-refractivity contribution in [2.45, 2.75) is 45.8 Å². The Morgan fingerprint density at radius 3 is 2.81 bits per heavy atom. The van der Waals surface area contributed by atoms with Crippen LogP contribution in [0.2, 0.25) is 0 Å². The lowest BCUT2D eigenvalue weighted by molar-refractivity contribution is 0.0507. The summed E-state index contributed by atoms with van der Waals surface area (Å²) in [5, 5.41) is 6.17. The van der Waals surface area contributed by atoms with Gasteiger partial charge in [0.1, 0.15) is 5.60 Å². The first-order valence-electron chi connectivity index (χ1n) is 7.49. The predicted molar refractivity (Wildman–Crippen MR) is 85.5 cm³/mol. The van der Waals surface area contributed by atoms with Crippen LogP contribution in [0, 0.1) is 0 Å². The van der Waals surface area contributed by atoms with Gasteiger partial charge in [-0.05, 0) is 34.1 Å². The molecule has 21 heavy (non-hydrogen) atoms. The molecule has 1 unspecified atom stereocenters. The van der Waals surface area contributed by atoms with Gasteiger partial charge < -0.3 is 20.3 Å². The molecule has 1 atom stereocenters. The van der Waals surface area contributed by atoms with Crippen LogP contribution in [0.4, 0.5) is 4.79 Å². The van der Waals surface area contributed by atoms with Crippen LogP contribution in [0.15, 0.2) is 17.6 Å². The highest BCUT2D eigenvalue weighted by Gasteiger charge is 2.27. The first-order valence-corrected chi connectivity index (χ1v) is 7.49. The Morgan fingerprint density at radius 2 is 2.24 bits per heavy atom. The van der Waals surface area contributed by atoms with Crippen LogP contribution < -0.4 is 10.6 Å². The Hall–Kier alpha value is -1.72. The predicted octanol–water partition coefficient (Wildman–Crippen LogP) is 1.74. The molecule has 0 aromatic heterocycles. The Balaban J connectivity index is 2.50. The summed E-state index contributed by atoms with van der Waals surface area (Å²) in [6.45, 7) is 14.3. The Morgan fingerprint density at radius 1 is 1.52 bits per heavy atom. The fraction of sp³-hybridized carbons (Fsp3) is 0.733. The van der Waals surface area contributed by atoms with Gasteiger partial charge in [-0.15, -0.1) is 6.58 Å². The normalized spacial score (nSPS) is 19.3. The second-order valence-electron chi connectivity index (χ2n) is 6.06. The van der Waals surface area contributed by atoms with Crippen molar-refractivity contribution in [2.75, 3.05) is 26.2 Å². The average molecular weight is 296 g/mol. The Labute approximate surface area is 127 Å². The molecule has 0 spiro atoms. The van der Waals surface area contributed by atoms with E-state index in [1.807, 2.05) is 27.7 Å². The zero-order valence-corrected chi connectivity index (χ0v) is 13.6. The number of carbonyl (C=O) groups is 1. The lowest BCUT2D eigenvalue weighted by atomic mass is 10.2. The molecule has 1 aliphatic heterocycles. The van der Waals surface area contributed by atoms with E-state index >= 15 is 0 Å². The van der Waals surface area contributed by atoms with E-state index in [4.69, 9.17) is 4.74 Å². The van der Waals surface area contributed by atoms with E-state index in [2.05, 4.69) is 27.1 Å². The maximum atomic E-state index is 11.8.